The zero-order valence-corrected chi connectivity index (χ0v) is 11.6. The summed E-state index contributed by atoms with van der Waals surface area (Å²) in [7, 11) is -1.07. The van der Waals surface area contributed by atoms with E-state index in [2.05, 4.69) is 14.6 Å². The van der Waals surface area contributed by atoms with E-state index < -0.39 is 22.0 Å². The van der Waals surface area contributed by atoms with Crippen LogP contribution in [-0.2, 0) is 26.6 Å². The first-order valence-corrected chi connectivity index (χ1v) is 6.86. The minimum absolute atomic E-state index is 0.00273. The molecule has 0 fully saturated rings. The van der Waals surface area contributed by atoms with Crippen LogP contribution in [0.3, 0.4) is 0 Å². The topological polar surface area (TPSA) is 90.3 Å². The van der Waals surface area contributed by atoms with Crippen LogP contribution in [0.1, 0.15) is 13.8 Å². The maximum atomic E-state index is 12.1. The van der Waals surface area contributed by atoms with Crippen molar-refractivity contribution >= 4 is 16.0 Å². The predicted octanol–water partition coefficient (Wildman–Crippen LogP) is -0.104. The molecule has 1 aromatic rings. The summed E-state index contributed by atoms with van der Waals surface area (Å²) in [5, 5.41) is 3.78. The van der Waals surface area contributed by atoms with Crippen molar-refractivity contribution in [2.45, 2.75) is 24.9 Å². The summed E-state index contributed by atoms with van der Waals surface area (Å²) < 4.78 is 32.3. The molecule has 0 amide bonds. The number of carbonyl (C=O) groups is 1. The molecular formula is C10H17N3O4S. The molecule has 1 heterocycles. The summed E-state index contributed by atoms with van der Waals surface area (Å²) >= 11 is 0. The fourth-order valence-corrected chi connectivity index (χ4v) is 2.89. The molecule has 0 radical (unpaired) electrons. The van der Waals surface area contributed by atoms with Crippen LogP contribution >= 0.6 is 0 Å². The summed E-state index contributed by atoms with van der Waals surface area (Å²) in [5.41, 5.74) is 0. The molecule has 0 saturated heterocycles. The summed E-state index contributed by atoms with van der Waals surface area (Å²) in [6.07, 6.45) is 1.37. The molecule has 1 N–H and O–H groups in total. The van der Waals surface area contributed by atoms with Gasteiger partial charge in [0.1, 0.15) is 6.04 Å². The van der Waals surface area contributed by atoms with Gasteiger partial charge in [-0.3, -0.25) is 9.48 Å². The molecule has 0 aliphatic rings. The largest absolute Gasteiger partial charge is 0.468 e. The summed E-state index contributed by atoms with van der Waals surface area (Å²) in [5.74, 6) is -0.837. The third-order valence-electron chi connectivity index (χ3n) is 2.46. The van der Waals surface area contributed by atoms with Crippen molar-refractivity contribution < 1.29 is 17.9 Å². The van der Waals surface area contributed by atoms with Crippen LogP contribution in [0.2, 0.25) is 0 Å². The van der Waals surface area contributed by atoms with Crippen molar-refractivity contribution in [2.24, 2.45) is 13.0 Å². The van der Waals surface area contributed by atoms with Crippen LogP contribution < -0.4 is 4.72 Å². The van der Waals surface area contributed by atoms with Crippen LogP contribution in [0, 0.1) is 5.92 Å². The summed E-state index contributed by atoms with van der Waals surface area (Å²) in [4.78, 5) is 11.5. The quantitative estimate of drug-likeness (QED) is 0.758. The number of nitrogens with one attached hydrogen (secondary N) is 1. The van der Waals surface area contributed by atoms with Crippen LogP contribution in [0.15, 0.2) is 17.3 Å². The first-order chi connectivity index (χ1) is 8.29. The van der Waals surface area contributed by atoms with E-state index >= 15 is 0 Å². The maximum Gasteiger partial charge on any atom is 0.324 e. The van der Waals surface area contributed by atoms with Gasteiger partial charge in [0.25, 0.3) is 10.0 Å². The standard InChI is InChI=1S/C10H17N3O4S/c1-7(2)9(10(14)17-4)12-18(15,16)8-5-6-11-13(8)3/h5-7,9,12H,1-4H3. The number of methoxy groups -OCH3 is 1. The van der Waals surface area contributed by atoms with Crippen molar-refractivity contribution in [2.75, 3.05) is 7.11 Å². The highest BCUT2D eigenvalue weighted by atomic mass is 32.2. The molecule has 102 valence electrons. The lowest BCUT2D eigenvalue weighted by atomic mass is 10.1. The van der Waals surface area contributed by atoms with Gasteiger partial charge in [-0.15, -0.1) is 0 Å². The lowest BCUT2D eigenvalue weighted by molar-refractivity contribution is -0.143. The average molecular weight is 275 g/mol. The highest BCUT2D eigenvalue weighted by molar-refractivity contribution is 7.89. The van der Waals surface area contributed by atoms with E-state index in [9.17, 15) is 13.2 Å². The number of carbonyl (C=O) groups excluding carboxylic acids is 1. The lowest BCUT2D eigenvalue weighted by Gasteiger charge is -2.19. The Kier molecular flexibility index (Phi) is 4.47. The van der Waals surface area contributed by atoms with Crippen LogP contribution in [-0.4, -0.2) is 37.3 Å². The molecule has 0 aliphatic heterocycles. The smallest absolute Gasteiger partial charge is 0.324 e. The second kappa shape index (κ2) is 5.49. The van der Waals surface area contributed by atoms with Crippen molar-refractivity contribution in [3.05, 3.63) is 12.3 Å². The van der Waals surface area contributed by atoms with Gasteiger partial charge in [-0.1, -0.05) is 13.8 Å². The monoisotopic (exact) mass is 275 g/mol. The minimum atomic E-state index is -3.80. The Hall–Kier alpha value is -1.41. The normalized spacial score (nSPS) is 13.6. The van der Waals surface area contributed by atoms with Crippen molar-refractivity contribution in [1.29, 1.82) is 0 Å². The molecular weight excluding hydrogens is 258 g/mol. The van der Waals surface area contributed by atoms with Gasteiger partial charge in [0, 0.05) is 7.05 Å². The van der Waals surface area contributed by atoms with E-state index in [0.717, 1.165) is 0 Å². The highest BCUT2D eigenvalue weighted by Gasteiger charge is 2.30. The number of rotatable bonds is 5. The van der Waals surface area contributed by atoms with Crippen molar-refractivity contribution in [1.82, 2.24) is 14.5 Å². The zero-order chi connectivity index (χ0) is 13.9. The van der Waals surface area contributed by atoms with Gasteiger partial charge >= 0.3 is 5.97 Å². The number of hydrogen-bond donors (Lipinski definition) is 1. The number of sulfonamides is 1. The number of aromatic nitrogens is 2. The Labute approximate surface area is 106 Å². The Bertz CT molecular complexity index is 521. The Morgan fingerprint density at radius 3 is 2.50 bits per heavy atom. The number of aryl methyl sites for hydroxylation is 1. The van der Waals surface area contributed by atoms with E-state index in [1.807, 2.05) is 0 Å². The molecule has 0 bridgehead atoms. The van der Waals surface area contributed by atoms with Gasteiger partial charge in [-0.05, 0) is 12.0 Å². The number of nitrogens with zero attached hydrogens (tertiary/aromatic N) is 2. The molecule has 0 aromatic carbocycles. The maximum absolute atomic E-state index is 12.1. The van der Waals surface area contributed by atoms with E-state index in [1.54, 1.807) is 13.8 Å². The lowest BCUT2D eigenvalue weighted by Crippen LogP contribution is -2.45. The molecule has 1 rings (SSSR count). The molecule has 7 nitrogen and oxygen atoms in total. The van der Waals surface area contributed by atoms with Crippen LogP contribution in [0.25, 0.3) is 0 Å². The van der Waals surface area contributed by atoms with Gasteiger partial charge < -0.3 is 4.74 Å². The second-order valence-corrected chi connectivity index (χ2v) is 5.82. The van der Waals surface area contributed by atoms with Crippen molar-refractivity contribution in [3.8, 4) is 0 Å². The number of ether oxygens (including phenoxy) is 1. The van der Waals surface area contributed by atoms with Crippen LogP contribution in [0.4, 0.5) is 0 Å². The Morgan fingerprint density at radius 2 is 2.11 bits per heavy atom. The minimum Gasteiger partial charge on any atom is -0.468 e. The highest BCUT2D eigenvalue weighted by Crippen LogP contribution is 2.11. The van der Waals surface area contributed by atoms with Gasteiger partial charge in [-0.2, -0.15) is 9.82 Å². The molecule has 1 aromatic heterocycles. The Morgan fingerprint density at radius 1 is 1.50 bits per heavy atom. The summed E-state index contributed by atoms with van der Waals surface area (Å²) in [6.45, 7) is 3.46. The Balaban J connectivity index is 3.01. The number of hydrogen-bond acceptors (Lipinski definition) is 5. The molecule has 18 heavy (non-hydrogen) atoms. The van der Waals surface area contributed by atoms with Crippen molar-refractivity contribution in [3.63, 3.8) is 0 Å². The fraction of sp³-hybridized carbons (Fsp3) is 0.600. The van der Waals surface area contributed by atoms with E-state index in [-0.39, 0.29) is 10.9 Å². The molecule has 0 saturated carbocycles. The molecule has 0 spiro atoms. The first kappa shape index (κ1) is 14.7. The fourth-order valence-electron chi connectivity index (χ4n) is 1.44. The molecule has 8 heteroatoms. The van der Waals surface area contributed by atoms with E-state index in [4.69, 9.17) is 0 Å². The van der Waals surface area contributed by atoms with Gasteiger partial charge in [-0.25, -0.2) is 8.42 Å². The van der Waals surface area contributed by atoms with E-state index in [1.165, 1.54) is 31.1 Å². The molecule has 1 atom stereocenters. The third kappa shape index (κ3) is 3.08. The predicted molar refractivity (Wildman–Crippen MR) is 64.2 cm³/mol. The average Bonchev–Trinajstić information content (AvgIpc) is 2.72. The summed E-state index contributed by atoms with van der Waals surface area (Å²) in [6, 6.07) is 0.437. The molecule has 0 aliphatic carbocycles. The third-order valence-corrected chi connectivity index (χ3v) is 3.97. The van der Waals surface area contributed by atoms with E-state index in [0.29, 0.717) is 0 Å². The van der Waals surface area contributed by atoms with Gasteiger partial charge in [0.15, 0.2) is 5.03 Å². The SMILES string of the molecule is COC(=O)C(NS(=O)(=O)c1ccnn1C)C(C)C. The van der Waals surface area contributed by atoms with Crippen LogP contribution in [0.5, 0.6) is 0 Å². The van der Waals surface area contributed by atoms with Gasteiger partial charge in [0.2, 0.25) is 0 Å². The van der Waals surface area contributed by atoms with Gasteiger partial charge in [0.05, 0.1) is 13.3 Å². The second-order valence-electron chi connectivity index (χ2n) is 4.16. The first-order valence-electron chi connectivity index (χ1n) is 5.37. The molecule has 1 unspecified atom stereocenters. The zero-order valence-electron chi connectivity index (χ0n) is 10.7. The number of esters is 1.